The molecule has 0 bridgehead atoms. The van der Waals surface area contributed by atoms with Gasteiger partial charge in [-0.15, -0.1) is 0 Å². The third-order valence-electron chi connectivity index (χ3n) is 2.56. The summed E-state index contributed by atoms with van der Waals surface area (Å²) in [7, 11) is 1.88. The van der Waals surface area contributed by atoms with Gasteiger partial charge in [0.05, 0.1) is 12.4 Å². The molecule has 1 aromatic carbocycles. The fourth-order valence-electron chi connectivity index (χ4n) is 1.62. The predicted octanol–water partition coefficient (Wildman–Crippen LogP) is 2.57. The fraction of sp³-hybridized carbons (Fsp3) is 0.154. The molecule has 0 atom stereocenters. The number of carboxylic acids is 1. The molecule has 0 saturated carbocycles. The summed E-state index contributed by atoms with van der Waals surface area (Å²) in [5.41, 5.74) is 1.07. The molecule has 0 amide bonds. The fourth-order valence-corrected chi connectivity index (χ4v) is 2.07. The Kier molecular flexibility index (Phi) is 4.11. The van der Waals surface area contributed by atoms with E-state index in [1.54, 1.807) is 0 Å². The first-order valence-corrected chi connectivity index (χ1v) is 6.36. The van der Waals surface area contributed by atoms with Gasteiger partial charge in [-0.3, -0.25) is 0 Å². The van der Waals surface area contributed by atoms with Crippen molar-refractivity contribution in [2.24, 2.45) is 0 Å². The molecule has 0 radical (unpaired) electrons. The second-order valence-electron chi connectivity index (χ2n) is 4.05. The smallest absolute Gasteiger partial charge is 0.356 e. The van der Waals surface area contributed by atoms with Gasteiger partial charge in [-0.25, -0.2) is 14.8 Å². The van der Waals surface area contributed by atoms with Crippen LogP contribution in [0, 0.1) is 0 Å². The van der Waals surface area contributed by atoms with Crippen LogP contribution in [0.1, 0.15) is 16.1 Å². The van der Waals surface area contributed by atoms with Crippen LogP contribution in [-0.4, -0.2) is 28.1 Å². The largest absolute Gasteiger partial charge is 0.476 e. The zero-order valence-corrected chi connectivity index (χ0v) is 11.8. The van der Waals surface area contributed by atoms with Gasteiger partial charge in [0, 0.05) is 18.1 Å². The Labute approximate surface area is 119 Å². The van der Waals surface area contributed by atoms with Gasteiger partial charge in [-0.2, -0.15) is 0 Å². The molecule has 19 heavy (non-hydrogen) atoms. The number of hydrogen-bond donors (Lipinski definition) is 1. The molecule has 1 N–H and O–H groups in total. The number of nitrogens with zero attached hydrogens (tertiary/aromatic N) is 3. The van der Waals surface area contributed by atoms with Crippen LogP contribution < -0.4 is 4.90 Å². The third kappa shape index (κ3) is 3.51. The summed E-state index contributed by atoms with van der Waals surface area (Å²) >= 11 is 3.42. The summed E-state index contributed by atoms with van der Waals surface area (Å²) in [5.74, 6) is -0.446. The van der Waals surface area contributed by atoms with Crippen molar-refractivity contribution in [2.75, 3.05) is 11.9 Å². The maximum atomic E-state index is 10.7. The highest BCUT2D eigenvalue weighted by molar-refractivity contribution is 9.10. The van der Waals surface area contributed by atoms with Crippen LogP contribution in [0.5, 0.6) is 0 Å². The van der Waals surface area contributed by atoms with E-state index in [4.69, 9.17) is 5.11 Å². The lowest BCUT2D eigenvalue weighted by molar-refractivity contribution is 0.0690. The molecule has 0 aliphatic carbocycles. The summed E-state index contributed by atoms with van der Waals surface area (Å²) in [6.45, 7) is 0.667. The summed E-state index contributed by atoms with van der Waals surface area (Å²) in [4.78, 5) is 20.5. The second-order valence-corrected chi connectivity index (χ2v) is 4.97. The van der Waals surface area contributed by atoms with Crippen molar-refractivity contribution < 1.29 is 9.90 Å². The minimum absolute atomic E-state index is 0.0559. The van der Waals surface area contributed by atoms with Gasteiger partial charge in [0.15, 0.2) is 5.69 Å². The van der Waals surface area contributed by atoms with Crippen molar-refractivity contribution in [1.29, 1.82) is 0 Å². The van der Waals surface area contributed by atoms with E-state index < -0.39 is 5.97 Å². The summed E-state index contributed by atoms with van der Waals surface area (Å²) in [6.07, 6.45) is 2.72. The number of benzene rings is 1. The van der Waals surface area contributed by atoms with Crippen LogP contribution in [0.25, 0.3) is 0 Å². The molecule has 2 rings (SSSR count). The highest BCUT2D eigenvalue weighted by Crippen LogP contribution is 2.15. The van der Waals surface area contributed by atoms with E-state index in [1.165, 1.54) is 12.4 Å². The first-order valence-electron chi connectivity index (χ1n) is 5.57. The SMILES string of the molecule is CN(Cc1cccc(Br)c1)c1cnc(C(=O)O)cn1. The molecule has 5 nitrogen and oxygen atoms in total. The van der Waals surface area contributed by atoms with Gasteiger partial charge in [0.25, 0.3) is 0 Å². The number of aromatic carboxylic acids is 1. The van der Waals surface area contributed by atoms with E-state index in [-0.39, 0.29) is 5.69 Å². The van der Waals surface area contributed by atoms with Crippen LogP contribution in [0.3, 0.4) is 0 Å². The van der Waals surface area contributed by atoms with Crippen molar-refractivity contribution >= 4 is 27.7 Å². The molecule has 98 valence electrons. The number of carbonyl (C=O) groups is 1. The normalized spacial score (nSPS) is 10.2. The predicted molar refractivity (Wildman–Crippen MR) is 75.2 cm³/mol. The summed E-state index contributed by atoms with van der Waals surface area (Å²) in [5, 5.41) is 8.76. The molecule has 2 aromatic rings. The highest BCUT2D eigenvalue weighted by atomic mass is 79.9. The van der Waals surface area contributed by atoms with Gasteiger partial charge >= 0.3 is 5.97 Å². The molecule has 1 aromatic heterocycles. The van der Waals surface area contributed by atoms with Crippen LogP contribution >= 0.6 is 15.9 Å². The number of anilines is 1. The van der Waals surface area contributed by atoms with Crippen LogP contribution in [0.2, 0.25) is 0 Å². The Morgan fingerprint density at radius 2 is 2.16 bits per heavy atom. The van der Waals surface area contributed by atoms with Crippen molar-refractivity contribution in [3.05, 3.63) is 52.4 Å². The van der Waals surface area contributed by atoms with Crippen LogP contribution in [0.15, 0.2) is 41.1 Å². The van der Waals surface area contributed by atoms with Crippen LogP contribution in [0.4, 0.5) is 5.82 Å². The molecule has 6 heteroatoms. The molecule has 0 aliphatic rings. The molecule has 0 fully saturated rings. The Hall–Kier alpha value is -1.95. The topological polar surface area (TPSA) is 66.3 Å². The van der Waals surface area contributed by atoms with Gasteiger partial charge in [0.1, 0.15) is 5.82 Å². The average Bonchev–Trinajstić information content (AvgIpc) is 2.39. The lowest BCUT2D eigenvalue weighted by Crippen LogP contribution is -2.18. The Balaban J connectivity index is 2.11. The standard InChI is InChI=1S/C13H12BrN3O2/c1-17(8-9-3-2-4-10(14)5-9)12-7-15-11(6-16-12)13(18)19/h2-7H,8H2,1H3,(H,18,19). The molecular weight excluding hydrogens is 310 g/mol. The zero-order valence-electron chi connectivity index (χ0n) is 10.2. The van der Waals surface area contributed by atoms with Gasteiger partial charge in [-0.1, -0.05) is 28.1 Å². The zero-order chi connectivity index (χ0) is 13.8. The first-order chi connectivity index (χ1) is 9.06. The molecule has 0 spiro atoms. The number of aromatic nitrogens is 2. The Bertz CT molecular complexity index is 587. The van der Waals surface area contributed by atoms with Crippen LogP contribution in [-0.2, 0) is 6.54 Å². The van der Waals surface area contributed by atoms with Gasteiger partial charge < -0.3 is 10.0 Å². The van der Waals surface area contributed by atoms with E-state index in [0.717, 1.165) is 10.0 Å². The van der Waals surface area contributed by atoms with Crippen molar-refractivity contribution in [2.45, 2.75) is 6.54 Å². The number of halogens is 1. The number of hydrogen-bond acceptors (Lipinski definition) is 4. The quantitative estimate of drug-likeness (QED) is 0.937. The molecule has 0 aliphatic heterocycles. The Morgan fingerprint density at radius 3 is 2.74 bits per heavy atom. The average molecular weight is 322 g/mol. The van der Waals surface area contributed by atoms with E-state index in [2.05, 4.69) is 25.9 Å². The van der Waals surface area contributed by atoms with E-state index >= 15 is 0 Å². The minimum atomic E-state index is -1.08. The van der Waals surface area contributed by atoms with Crippen molar-refractivity contribution in [1.82, 2.24) is 9.97 Å². The van der Waals surface area contributed by atoms with E-state index in [0.29, 0.717) is 12.4 Å². The van der Waals surface area contributed by atoms with E-state index in [1.807, 2.05) is 36.2 Å². The maximum absolute atomic E-state index is 10.7. The second kappa shape index (κ2) is 5.79. The monoisotopic (exact) mass is 321 g/mol. The molecule has 0 unspecified atom stereocenters. The maximum Gasteiger partial charge on any atom is 0.356 e. The first kappa shape index (κ1) is 13.5. The van der Waals surface area contributed by atoms with Crippen molar-refractivity contribution in [3.63, 3.8) is 0 Å². The molecule has 1 heterocycles. The van der Waals surface area contributed by atoms with E-state index in [9.17, 15) is 4.79 Å². The molecule has 0 saturated heterocycles. The van der Waals surface area contributed by atoms with Gasteiger partial charge in [-0.05, 0) is 17.7 Å². The molecular formula is C13H12BrN3O2. The minimum Gasteiger partial charge on any atom is -0.476 e. The summed E-state index contributed by atoms with van der Waals surface area (Å²) in [6, 6.07) is 7.97. The highest BCUT2D eigenvalue weighted by Gasteiger charge is 2.08. The number of carboxylic acid groups (broad SMARTS) is 1. The lowest BCUT2D eigenvalue weighted by atomic mass is 10.2. The lowest BCUT2D eigenvalue weighted by Gasteiger charge is -2.17. The Morgan fingerprint density at radius 1 is 1.37 bits per heavy atom. The summed E-state index contributed by atoms with van der Waals surface area (Å²) < 4.78 is 1.02. The van der Waals surface area contributed by atoms with Gasteiger partial charge in [0.2, 0.25) is 0 Å². The third-order valence-corrected chi connectivity index (χ3v) is 3.05. The number of rotatable bonds is 4. The van der Waals surface area contributed by atoms with Crippen molar-refractivity contribution in [3.8, 4) is 0 Å².